The lowest BCUT2D eigenvalue weighted by Gasteiger charge is -2.12. The summed E-state index contributed by atoms with van der Waals surface area (Å²) in [6.45, 7) is 11.3. The van der Waals surface area contributed by atoms with Gasteiger partial charge in [0.25, 0.3) is 0 Å². The average molecular weight is 171 g/mol. The molecular weight excluding hydrogens is 146 g/mol. The standard InChI is InChI=1S/C9H19N.C2H6/c1-4-8-6-10(3)7-9(8)5-2;1-2/h8-9H,4-7H2,1-3H3;1-2H3. The number of likely N-dealkylation sites (tertiary alicyclic amines) is 1. The summed E-state index contributed by atoms with van der Waals surface area (Å²) in [6.07, 6.45) is 2.73. The molecule has 0 aromatic carbocycles. The molecule has 0 saturated carbocycles. The maximum Gasteiger partial charge on any atom is 0.000975 e. The van der Waals surface area contributed by atoms with Crippen molar-refractivity contribution in [2.45, 2.75) is 40.5 Å². The molecule has 0 N–H and O–H groups in total. The van der Waals surface area contributed by atoms with Crippen LogP contribution in [-0.4, -0.2) is 25.0 Å². The molecular formula is C11H25N. The molecule has 1 aliphatic rings. The topological polar surface area (TPSA) is 3.24 Å². The molecule has 0 aliphatic carbocycles. The van der Waals surface area contributed by atoms with Gasteiger partial charge in [0.1, 0.15) is 0 Å². The van der Waals surface area contributed by atoms with E-state index >= 15 is 0 Å². The lowest BCUT2D eigenvalue weighted by Crippen LogP contribution is -2.13. The van der Waals surface area contributed by atoms with Crippen LogP contribution in [0.25, 0.3) is 0 Å². The fourth-order valence-electron chi connectivity index (χ4n) is 2.10. The van der Waals surface area contributed by atoms with Crippen LogP contribution >= 0.6 is 0 Å². The van der Waals surface area contributed by atoms with E-state index in [-0.39, 0.29) is 0 Å². The molecule has 1 fully saturated rings. The van der Waals surface area contributed by atoms with E-state index in [0.717, 1.165) is 11.8 Å². The number of rotatable bonds is 2. The molecule has 74 valence electrons. The number of nitrogens with zero attached hydrogens (tertiary/aromatic N) is 1. The van der Waals surface area contributed by atoms with E-state index in [1.807, 2.05) is 13.8 Å². The van der Waals surface area contributed by atoms with Crippen LogP contribution in [0.5, 0.6) is 0 Å². The van der Waals surface area contributed by atoms with Crippen molar-refractivity contribution in [3.8, 4) is 0 Å². The third-order valence-electron chi connectivity index (χ3n) is 2.81. The first-order valence-electron chi connectivity index (χ1n) is 5.46. The predicted octanol–water partition coefficient (Wildman–Crippen LogP) is 3.01. The molecule has 1 saturated heterocycles. The summed E-state index contributed by atoms with van der Waals surface area (Å²) >= 11 is 0. The lowest BCUT2D eigenvalue weighted by atomic mass is 9.92. The predicted molar refractivity (Wildman–Crippen MR) is 56.4 cm³/mol. The van der Waals surface area contributed by atoms with Crippen molar-refractivity contribution >= 4 is 0 Å². The fourth-order valence-corrected chi connectivity index (χ4v) is 2.10. The maximum atomic E-state index is 2.46. The molecule has 12 heavy (non-hydrogen) atoms. The molecule has 0 radical (unpaired) electrons. The Hall–Kier alpha value is -0.0400. The Labute approximate surface area is 78.1 Å². The molecule has 0 spiro atoms. The summed E-state index contributed by atoms with van der Waals surface area (Å²) in [7, 11) is 2.23. The van der Waals surface area contributed by atoms with Gasteiger partial charge < -0.3 is 4.90 Å². The van der Waals surface area contributed by atoms with E-state index in [9.17, 15) is 0 Å². The van der Waals surface area contributed by atoms with Crippen LogP contribution in [0.1, 0.15) is 40.5 Å². The minimum absolute atomic E-state index is 0.981. The highest BCUT2D eigenvalue weighted by Crippen LogP contribution is 2.26. The van der Waals surface area contributed by atoms with Crippen LogP contribution in [-0.2, 0) is 0 Å². The Balaban J connectivity index is 0.000000561. The molecule has 2 atom stereocenters. The second-order valence-corrected chi connectivity index (χ2v) is 3.56. The minimum Gasteiger partial charge on any atom is -0.306 e. The van der Waals surface area contributed by atoms with Gasteiger partial charge >= 0.3 is 0 Å². The molecule has 1 nitrogen and oxygen atoms in total. The van der Waals surface area contributed by atoms with Crippen molar-refractivity contribution < 1.29 is 0 Å². The van der Waals surface area contributed by atoms with Crippen LogP contribution in [0.3, 0.4) is 0 Å². The monoisotopic (exact) mass is 171 g/mol. The van der Waals surface area contributed by atoms with Gasteiger partial charge in [0.05, 0.1) is 0 Å². The van der Waals surface area contributed by atoms with E-state index in [4.69, 9.17) is 0 Å². The van der Waals surface area contributed by atoms with Crippen molar-refractivity contribution in [1.82, 2.24) is 4.90 Å². The normalized spacial score (nSPS) is 29.8. The zero-order chi connectivity index (χ0) is 9.56. The molecule has 1 heteroatoms. The van der Waals surface area contributed by atoms with Gasteiger partial charge in [-0.05, 0) is 18.9 Å². The van der Waals surface area contributed by atoms with Crippen LogP contribution < -0.4 is 0 Å². The second-order valence-electron chi connectivity index (χ2n) is 3.56. The van der Waals surface area contributed by atoms with E-state index < -0.39 is 0 Å². The molecule has 1 aliphatic heterocycles. The molecule has 0 aromatic heterocycles. The van der Waals surface area contributed by atoms with Crippen molar-refractivity contribution in [1.29, 1.82) is 0 Å². The van der Waals surface area contributed by atoms with E-state index in [2.05, 4.69) is 25.8 Å². The summed E-state index contributed by atoms with van der Waals surface area (Å²) in [4.78, 5) is 2.46. The van der Waals surface area contributed by atoms with E-state index in [1.165, 1.54) is 25.9 Å². The van der Waals surface area contributed by atoms with Gasteiger partial charge in [-0.25, -0.2) is 0 Å². The van der Waals surface area contributed by atoms with Gasteiger partial charge in [0.2, 0.25) is 0 Å². The highest BCUT2D eigenvalue weighted by Gasteiger charge is 2.27. The molecule has 2 unspecified atom stereocenters. The Bertz CT molecular complexity index is 89.2. The van der Waals surface area contributed by atoms with Gasteiger partial charge in [-0.1, -0.05) is 40.5 Å². The van der Waals surface area contributed by atoms with E-state index in [1.54, 1.807) is 0 Å². The van der Waals surface area contributed by atoms with Crippen LogP contribution in [0.4, 0.5) is 0 Å². The Morgan fingerprint density at radius 2 is 1.33 bits per heavy atom. The largest absolute Gasteiger partial charge is 0.306 e. The fraction of sp³-hybridized carbons (Fsp3) is 1.00. The SMILES string of the molecule is CC.CCC1CN(C)CC1CC. The highest BCUT2D eigenvalue weighted by molar-refractivity contribution is 4.80. The van der Waals surface area contributed by atoms with Crippen LogP contribution in [0.2, 0.25) is 0 Å². The highest BCUT2D eigenvalue weighted by atomic mass is 15.1. The summed E-state index contributed by atoms with van der Waals surface area (Å²) in [6, 6.07) is 0. The van der Waals surface area contributed by atoms with Crippen LogP contribution in [0.15, 0.2) is 0 Å². The van der Waals surface area contributed by atoms with Gasteiger partial charge in [0.15, 0.2) is 0 Å². The summed E-state index contributed by atoms with van der Waals surface area (Å²) < 4.78 is 0. The van der Waals surface area contributed by atoms with Crippen molar-refractivity contribution in [2.24, 2.45) is 11.8 Å². The third kappa shape index (κ3) is 3.14. The lowest BCUT2D eigenvalue weighted by molar-refractivity contribution is 0.392. The Morgan fingerprint density at radius 3 is 1.58 bits per heavy atom. The molecule has 0 aromatic rings. The quantitative estimate of drug-likeness (QED) is 0.617. The minimum atomic E-state index is 0.981. The zero-order valence-corrected chi connectivity index (χ0v) is 9.43. The molecule has 1 rings (SSSR count). The van der Waals surface area contributed by atoms with Gasteiger partial charge in [-0.3, -0.25) is 0 Å². The molecule has 0 amide bonds. The Kier molecular flexibility index (Phi) is 6.45. The second kappa shape index (κ2) is 6.47. The first kappa shape index (κ1) is 12.0. The van der Waals surface area contributed by atoms with Crippen molar-refractivity contribution in [3.63, 3.8) is 0 Å². The third-order valence-corrected chi connectivity index (χ3v) is 2.81. The smallest absolute Gasteiger partial charge is 0.000975 e. The van der Waals surface area contributed by atoms with Crippen molar-refractivity contribution in [2.75, 3.05) is 20.1 Å². The van der Waals surface area contributed by atoms with Gasteiger partial charge in [0, 0.05) is 13.1 Å². The first-order chi connectivity index (χ1) is 5.77. The summed E-state index contributed by atoms with van der Waals surface area (Å²) in [5, 5.41) is 0. The molecule has 0 bridgehead atoms. The number of hydrogen-bond acceptors (Lipinski definition) is 1. The summed E-state index contributed by atoms with van der Waals surface area (Å²) in [5.74, 6) is 1.96. The van der Waals surface area contributed by atoms with Crippen LogP contribution in [0, 0.1) is 11.8 Å². The average Bonchev–Trinajstić information content (AvgIpc) is 2.49. The maximum absolute atomic E-state index is 2.46. The Morgan fingerprint density at radius 1 is 1.00 bits per heavy atom. The van der Waals surface area contributed by atoms with Gasteiger partial charge in [-0.2, -0.15) is 0 Å². The zero-order valence-electron chi connectivity index (χ0n) is 9.43. The van der Waals surface area contributed by atoms with Crippen molar-refractivity contribution in [3.05, 3.63) is 0 Å². The number of hydrogen-bond donors (Lipinski definition) is 0. The van der Waals surface area contributed by atoms with Gasteiger partial charge in [-0.15, -0.1) is 0 Å². The van der Waals surface area contributed by atoms with E-state index in [0.29, 0.717) is 0 Å². The first-order valence-corrected chi connectivity index (χ1v) is 5.46. The molecule has 1 heterocycles. The summed E-state index contributed by atoms with van der Waals surface area (Å²) in [5.41, 5.74) is 0.